The van der Waals surface area contributed by atoms with Crippen LogP contribution in [0.15, 0.2) is 36.4 Å². The van der Waals surface area contributed by atoms with Gasteiger partial charge in [0, 0.05) is 48.9 Å². The number of hydrogen-bond acceptors (Lipinski definition) is 5. The smallest absolute Gasteiger partial charge is 0.418 e. The quantitative estimate of drug-likeness (QED) is 0.573. The fourth-order valence-electron chi connectivity index (χ4n) is 5.28. The van der Waals surface area contributed by atoms with Crippen LogP contribution in [0, 0.1) is 17.6 Å². The van der Waals surface area contributed by atoms with Crippen LogP contribution in [0.25, 0.3) is 0 Å². The van der Waals surface area contributed by atoms with Crippen molar-refractivity contribution in [3.05, 3.63) is 64.7 Å². The second-order valence-corrected chi connectivity index (χ2v) is 10.00. The molecule has 0 bridgehead atoms. The third kappa shape index (κ3) is 4.57. The van der Waals surface area contributed by atoms with E-state index in [-0.39, 0.29) is 30.5 Å². The number of nitrogens with one attached hydrogen (secondary N) is 2. The number of aryl methyl sites for hydroxylation is 1. The number of carbonyl (C=O) groups is 4. The van der Waals surface area contributed by atoms with E-state index in [4.69, 9.17) is 4.74 Å². The molecule has 1 saturated carbocycles. The van der Waals surface area contributed by atoms with Crippen molar-refractivity contribution >= 4 is 29.6 Å². The Hall–Kier alpha value is -4.02. The molecule has 200 valence electrons. The highest BCUT2D eigenvalue weighted by Crippen LogP contribution is 2.46. The molecule has 2 N–H and O–H groups in total. The lowest BCUT2D eigenvalue weighted by Crippen LogP contribution is -2.47. The Balaban J connectivity index is 1.36. The predicted octanol–water partition coefficient (Wildman–Crippen LogP) is 3.66. The minimum Gasteiger partial charge on any atom is -0.427 e. The van der Waals surface area contributed by atoms with Gasteiger partial charge in [-0.15, -0.1) is 0 Å². The van der Waals surface area contributed by atoms with Gasteiger partial charge in [-0.05, 0) is 55.9 Å². The molecule has 11 heteroatoms. The molecular formula is C27H28F2N4O5. The number of imide groups is 1. The topological polar surface area (TPSA) is 108 Å². The summed E-state index contributed by atoms with van der Waals surface area (Å²) in [6.45, 7) is 1.18. The van der Waals surface area contributed by atoms with Crippen LogP contribution in [0.2, 0.25) is 0 Å². The van der Waals surface area contributed by atoms with Crippen molar-refractivity contribution < 1.29 is 32.7 Å². The second-order valence-electron chi connectivity index (χ2n) is 10.00. The Morgan fingerprint density at radius 2 is 1.95 bits per heavy atom. The van der Waals surface area contributed by atoms with Crippen LogP contribution in [0.1, 0.15) is 42.9 Å². The molecule has 1 aliphatic heterocycles. The molecule has 1 spiro atoms. The highest BCUT2D eigenvalue weighted by Gasteiger charge is 2.58. The van der Waals surface area contributed by atoms with Crippen LogP contribution in [-0.4, -0.2) is 53.4 Å². The lowest BCUT2D eigenvalue weighted by molar-refractivity contribution is -0.143. The number of amides is 5. The van der Waals surface area contributed by atoms with Crippen molar-refractivity contribution in [2.45, 2.75) is 50.8 Å². The van der Waals surface area contributed by atoms with E-state index in [0.29, 0.717) is 17.7 Å². The molecule has 38 heavy (non-hydrogen) atoms. The summed E-state index contributed by atoms with van der Waals surface area (Å²) in [6, 6.07) is 7.51. The van der Waals surface area contributed by atoms with E-state index in [1.807, 2.05) is 6.92 Å². The van der Waals surface area contributed by atoms with E-state index in [2.05, 4.69) is 10.6 Å². The third-order valence-electron chi connectivity index (χ3n) is 7.61. The van der Waals surface area contributed by atoms with Gasteiger partial charge in [-0.1, -0.05) is 12.1 Å². The number of ether oxygens (including phenoxy) is 1. The average Bonchev–Trinajstić information content (AvgIpc) is 3.64. The van der Waals surface area contributed by atoms with Gasteiger partial charge in [-0.25, -0.2) is 23.3 Å². The molecule has 2 aliphatic carbocycles. The summed E-state index contributed by atoms with van der Waals surface area (Å²) < 4.78 is 33.4. The van der Waals surface area contributed by atoms with Crippen LogP contribution in [0.5, 0.6) is 0 Å². The highest BCUT2D eigenvalue weighted by molar-refractivity contribution is 6.06. The Morgan fingerprint density at radius 1 is 1.18 bits per heavy atom. The van der Waals surface area contributed by atoms with Crippen LogP contribution in [-0.2, 0) is 32.9 Å². The van der Waals surface area contributed by atoms with Crippen molar-refractivity contribution in [3.63, 3.8) is 0 Å². The van der Waals surface area contributed by atoms with Gasteiger partial charge in [0.15, 0.2) is 0 Å². The van der Waals surface area contributed by atoms with Crippen molar-refractivity contribution in [3.8, 4) is 0 Å². The van der Waals surface area contributed by atoms with Crippen molar-refractivity contribution in [2.75, 3.05) is 18.9 Å². The fourth-order valence-corrected chi connectivity index (χ4v) is 5.28. The number of carbonyl (C=O) groups excluding carboxylic acids is 4. The number of anilines is 1. The Morgan fingerprint density at radius 3 is 2.63 bits per heavy atom. The second kappa shape index (κ2) is 9.70. The monoisotopic (exact) mass is 526 g/mol. The summed E-state index contributed by atoms with van der Waals surface area (Å²) in [5.74, 6) is -2.42. The van der Waals surface area contributed by atoms with Gasteiger partial charge in [0.1, 0.15) is 18.2 Å². The van der Waals surface area contributed by atoms with E-state index in [1.54, 1.807) is 18.2 Å². The van der Waals surface area contributed by atoms with Gasteiger partial charge in [-0.2, -0.15) is 0 Å². The maximum Gasteiger partial charge on any atom is 0.418 e. The summed E-state index contributed by atoms with van der Waals surface area (Å²) in [5.41, 5.74) is 0.411. The number of benzene rings is 2. The van der Waals surface area contributed by atoms with Crippen LogP contribution in [0.4, 0.5) is 24.1 Å². The molecule has 9 nitrogen and oxygen atoms in total. The summed E-state index contributed by atoms with van der Waals surface area (Å²) >= 11 is 0. The lowest BCUT2D eigenvalue weighted by Gasteiger charge is -2.31. The van der Waals surface area contributed by atoms with Crippen molar-refractivity contribution in [1.29, 1.82) is 0 Å². The lowest BCUT2D eigenvalue weighted by atomic mass is 9.94. The minimum absolute atomic E-state index is 0.116. The zero-order valence-corrected chi connectivity index (χ0v) is 21.1. The first-order valence-corrected chi connectivity index (χ1v) is 12.5. The minimum atomic E-state index is -1.53. The van der Waals surface area contributed by atoms with Gasteiger partial charge in [0.2, 0.25) is 11.5 Å². The molecule has 2 fully saturated rings. The largest absolute Gasteiger partial charge is 0.427 e. The predicted molar refractivity (Wildman–Crippen MR) is 132 cm³/mol. The molecule has 2 atom stereocenters. The summed E-state index contributed by atoms with van der Waals surface area (Å²) in [6.07, 6.45) is 1.56. The van der Waals surface area contributed by atoms with Crippen LogP contribution < -0.4 is 10.6 Å². The number of halogens is 2. The molecule has 0 unspecified atom stereocenters. The van der Waals surface area contributed by atoms with Gasteiger partial charge >= 0.3 is 12.1 Å². The molecular weight excluding hydrogens is 498 g/mol. The van der Waals surface area contributed by atoms with E-state index in [1.165, 1.54) is 18.0 Å². The first kappa shape index (κ1) is 25.6. The standard InChI is InChI=1S/C27H28F2N4O5/c1-15(16-3-4-16)32(13-18-5-6-19(28)12-22(18)29)23(34)14-33-24(35)27(38-26(33)37)10-9-17-11-20(7-8-21(17)27)31-25(36)30-2/h5-8,11-12,15-16H,3-4,9-10,13-14H2,1-2H3,(H2,30,31,36)/t15-,27+/m0/s1. The maximum absolute atomic E-state index is 14.4. The van der Waals surface area contributed by atoms with Crippen molar-refractivity contribution in [2.24, 2.45) is 5.92 Å². The molecule has 2 aromatic rings. The first-order chi connectivity index (χ1) is 18.1. The van der Waals surface area contributed by atoms with Crippen LogP contribution >= 0.6 is 0 Å². The number of rotatable bonds is 7. The number of hydrogen-bond donors (Lipinski definition) is 2. The Kier molecular flexibility index (Phi) is 6.54. The van der Waals surface area contributed by atoms with Gasteiger partial charge in [0.25, 0.3) is 5.91 Å². The molecule has 5 amide bonds. The van der Waals surface area contributed by atoms with E-state index < -0.39 is 47.7 Å². The number of nitrogens with zero attached hydrogens (tertiary/aromatic N) is 2. The SMILES string of the molecule is CNC(=O)Nc1ccc2c(c1)CC[C@@]21OC(=O)N(CC(=O)N(Cc2ccc(F)cc2F)[C@@H](C)C2CC2)C1=O. The summed E-state index contributed by atoms with van der Waals surface area (Å²) in [7, 11) is 1.49. The molecule has 1 saturated heterocycles. The molecule has 0 radical (unpaired) electrons. The maximum atomic E-state index is 14.4. The number of fused-ring (bicyclic) bond motifs is 2. The molecule has 5 rings (SSSR count). The van der Waals surface area contributed by atoms with Crippen LogP contribution in [0.3, 0.4) is 0 Å². The number of urea groups is 1. The molecule has 1 heterocycles. The zero-order valence-electron chi connectivity index (χ0n) is 21.1. The Labute approximate surface area is 218 Å². The van der Waals surface area contributed by atoms with Crippen molar-refractivity contribution in [1.82, 2.24) is 15.1 Å². The summed E-state index contributed by atoms with van der Waals surface area (Å²) in [5, 5.41) is 5.13. The van der Waals surface area contributed by atoms with E-state index in [0.717, 1.165) is 35.4 Å². The Bertz CT molecular complexity index is 1330. The third-order valence-corrected chi connectivity index (χ3v) is 7.61. The highest BCUT2D eigenvalue weighted by atomic mass is 19.1. The zero-order chi connectivity index (χ0) is 27.2. The molecule has 3 aliphatic rings. The van der Waals surface area contributed by atoms with E-state index in [9.17, 15) is 28.0 Å². The average molecular weight is 527 g/mol. The normalized spacial score (nSPS) is 20.8. The summed E-state index contributed by atoms with van der Waals surface area (Å²) in [4.78, 5) is 53.8. The van der Waals surface area contributed by atoms with Gasteiger partial charge in [0.05, 0.1) is 0 Å². The van der Waals surface area contributed by atoms with Gasteiger partial charge < -0.3 is 20.3 Å². The molecule has 0 aromatic heterocycles. The first-order valence-electron chi connectivity index (χ1n) is 12.5. The van der Waals surface area contributed by atoms with E-state index >= 15 is 0 Å². The molecule has 2 aromatic carbocycles. The fraction of sp³-hybridized carbons (Fsp3) is 0.407. The van der Waals surface area contributed by atoms with Gasteiger partial charge in [-0.3, -0.25) is 9.59 Å².